The Kier molecular flexibility index (Phi) is 6.50. The zero-order chi connectivity index (χ0) is 20.0. The highest BCUT2D eigenvalue weighted by Crippen LogP contribution is 2.18. The van der Waals surface area contributed by atoms with Crippen LogP contribution in [0, 0.1) is 5.82 Å². The number of carbonyl (C=O) groups excluding carboxylic acids is 1. The second-order valence-corrected chi connectivity index (χ2v) is 6.99. The zero-order valence-corrected chi connectivity index (χ0v) is 16.0. The van der Waals surface area contributed by atoms with Gasteiger partial charge in [0.1, 0.15) is 17.2 Å². The van der Waals surface area contributed by atoms with Gasteiger partial charge in [0.2, 0.25) is 0 Å². The molecule has 0 fully saturated rings. The Morgan fingerprint density at radius 3 is 2.67 bits per heavy atom. The van der Waals surface area contributed by atoms with Crippen LogP contribution in [0.4, 0.5) is 15.0 Å². The SMILES string of the molecule is C/C=C/Cn1ccc(N(Cc2cccc(F)c2)C(=O)OC(C)(C)C)nc1=O. The van der Waals surface area contributed by atoms with Crippen LogP contribution < -0.4 is 10.6 Å². The van der Waals surface area contributed by atoms with Crippen molar-refractivity contribution in [3.05, 3.63) is 70.5 Å². The molecule has 2 rings (SSSR count). The fourth-order valence-electron chi connectivity index (χ4n) is 2.30. The molecule has 6 nitrogen and oxygen atoms in total. The van der Waals surface area contributed by atoms with E-state index < -0.39 is 23.2 Å². The lowest BCUT2D eigenvalue weighted by Gasteiger charge is -2.27. The molecule has 7 heteroatoms. The average Bonchev–Trinajstić information content (AvgIpc) is 2.57. The Labute approximate surface area is 157 Å². The van der Waals surface area contributed by atoms with Gasteiger partial charge in [-0.1, -0.05) is 24.3 Å². The van der Waals surface area contributed by atoms with Gasteiger partial charge in [0.05, 0.1) is 6.54 Å². The lowest BCUT2D eigenvalue weighted by atomic mass is 10.2. The summed E-state index contributed by atoms with van der Waals surface area (Å²) in [4.78, 5) is 30.1. The van der Waals surface area contributed by atoms with Crippen LogP contribution >= 0.6 is 0 Å². The topological polar surface area (TPSA) is 64.4 Å². The average molecular weight is 373 g/mol. The molecule has 1 aromatic heterocycles. The number of anilines is 1. The summed E-state index contributed by atoms with van der Waals surface area (Å²) in [5.74, 6) is -0.262. The number of allylic oxidation sites excluding steroid dienone is 2. The van der Waals surface area contributed by atoms with Gasteiger partial charge >= 0.3 is 11.8 Å². The molecule has 0 aliphatic heterocycles. The molecule has 0 aliphatic carbocycles. The van der Waals surface area contributed by atoms with E-state index in [4.69, 9.17) is 4.74 Å². The van der Waals surface area contributed by atoms with Gasteiger partial charge in [-0.05, 0) is 51.5 Å². The molecule has 0 saturated carbocycles. The van der Waals surface area contributed by atoms with Crippen molar-refractivity contribution in [2.45, 2.75) is 46.4 Å². The van der Waals surface area contributed by atoms with Gasteiger partial charge < -0.3 is 4.74 Å². The quantitative estimate of drug-likeness (QED) is 0.746. The van der Waals surface area contributed by atoms with E-state index in [1.165, 1.54) is 21.6 Å². The number of rotatable bonds is 5. The van der Waals surface area contributed by atoms with Crippen molar-refractivity contribution in [2.75, 3.05) is 4.90 Å². The van der Waals surface area contributed by atoms with Crippen LogP contribution in [0.1, 0.15) is 33.3 Å². The van der Waals surface area contributed by atoms with Crippen molar-refractivity contribution >= 4 is 11.9 Å². The summed E-state index contributed by atoms with van der Waals surface area (Å²) in [5.41, 5.74) is -0.655. The Balaban J connectivity index is 2.38. The highest BCUT2D eigenvalue weighted by molar-refractivity contribution is 5.86. The van der Waals surface area contributed by atoms with Gasteiger partial charge in [0.15, 0.2) is 0 Å². The molecule has 0 atom stereocenters. The first-order valence-corrected chi connectivity index (χ1v) is 8.63. The first-order valence-electron chi connectivity index (χ1n) is 8.63. The monoisotopic (exact) mass is 373 g/mol. The van der Waals surface area contributed by atoms with E-state index in [1.54, 1.807) is 45.2 Å². The number of hydrogen-bond donors (Lipinski definition) is 0. The van der Waals surface area contributed by atoms with Crippen LogP contribution in [0.25, 0.3) is 0 Å². The van der Waals surface area contributed by atoms with E-state index in [0.29, 0.717) is 12.1 Å². The van der Waals surface area contributed by atoms with Gasteiger partial charge in [-0.2, -0.15) is 4.98 Å². The standard InChI is InChI=1S/C20H24FN3O3/c1-5-6-11-23-12-10-17(22-18(23)25)24(19(26)27-20(2,3)4)14-15-8-7-9-16(21)13-15/h5-10,12-13H,11,14H2,1-4H3/b6-5+. The molecule has 1 heterocycles. The van der Waals surface area contributed by atoms with Crippen molar-refractivity contribution in [1.82, 2.24) is 9.55 Å². The summed E-state index contributed by atoms with van der Waals surface area (Å²) in [7, 11) is 0. The lowest BCUT2D eigenvalue weighted by Crippen LogP contribution is -2.38. The number of carbonyl (C=O) groups is 1. The van der Waals surface area contributed by atoms with E-state index in [1.807, 2.05) is 19.1 Å². The molecule has 144 valence electrons. The maximum Gasteiger partial charge on any atom is 0.416 e. The molecule has 0 unspecified atom stereocenters. The van der Waals surface area contributed by atoms with E-state index in [0.717, 1.165) is 0 Å². The number of nitrogens with zero attached hydrogens (tertiary/aromatic N) is 3. The van der Waals surface area contributed by atoms with Crippen LogP contribution in [-0.2, 0) is 17.8 Å². The third kappa shape index (κ3) is 6.06. The second-order valence-electron chi connectivity index (χ2n) is 6.99. The summed E-state index contributed by atoms with van der Waals surface area (Å²) >= 11 is 0. The summed E-state index contributed by atoms with van der Waals surface area (Å²) in [6.45, 7) is 7.50. The minimum atomic E-state index is -0.724. The molecule has 0 N–H and O–H groups in total. The number of hydrogen-bond acceptors (Lipinski definition) is 4. The Bertz CT molecular complexity index is 885. The highest BCUT2D eigenvalue weighted by Gasteiger charge is 2.25. The number of benzene rings is 1. The Morgan fingerprint density at radius 1 is 1.33 bits per heavy atom. The van der Waals surface area contributed by atoms with E-state index in [9.17, 15) is 14.0 Å². The third-order valence-electron chi connectivity index (χ3n) is 3.52. The van der Waals surface area contributed by atoms with Crippen molar-refractivity contribution in [3.63, 3.8) is 0 Å². The molecule has 2 aromatic rings. The smallest absolute Gasteiger partial charge is 0.416 e. The van der Waals surface area contributed by atoms with Crippen LogP contribution in [-0.4, -0.2) is 21.2 Å². The van der Waals surface area contributed by atoms with E-state index in [2.05, 4.69) is 4.98 Å². The molecule has 0 spiro atoms. The lowest BCUT2D eigenvalue weighted by molar-refractivity contribution is 0.0576. The minimum Gasteiger partial charge on any atom is -0.443 e. The van der Waals surface area contributed by atoms with Crippen LogP contribution in [0.15, 0.2) is 53.5 Å². The van der Waals surface area contributed by atoms with E-state index >= 15 is 0 Å². The van der Waals surface area contributed by atoms with Crippen molar-refractivity contribution in [3.8, 4) is 0 Å². The Morgan fingerprint density at radius 2 is 2.07 bits per heavy atom. The largest absolute Gasteiger partial charge is 0.443 e. The molecule has 27 heavy (non-hydrogen) atoms. The molecular weight excluding hydrogens is 349 g/mol. The van der Waals surface area contributed by atoms with Crippen LogP contribution in [0.3, 0.4) is 0 Å². The number of halogens is 1. The summed E-state index contributed by atoms with van der Waals surface area (Å²) in [6.07, 6.45) is 4.55. The van der Waals surface area contributed by atoms with Crippen LogP contribution in [0.2, 0.25) is 0 Å². The number of ether oxygens (including phenoxy) is 1. The third-order valence-corrected chi connectivity index (χ3v) is 3.52. The van der Waals surface area contributed by atoms with Gasteiger partial charge in [-0.3, -0.25) is 9.47 Å². The molecule has 1 amide bonds. The molecule has 1 aromatic carbocycles. The fraction of sp³-hybridized carbons (Fsp3) is 0.350. The zero-order valence-electron chi connectivity index (χ0n) is 16.0. The first-order chi connectivity index (χ1) is 12.7. The van der Waals surface area contributed by atoms with Gasteiger partial charge in [-0.25, -0.2) is 14.0 Å². The molecule has 0 bridgehead atoms. The fourth-order valence-corrected chi connectivity index (χ4v) is 2.30. The summed E-state index contributed by atoms with van der Waals surface area (Å²) < 4.78 is 20.4. The maximum atomic E-state index is 13.5. The summed E-state index contributed by atoms with van der Waals surface area (Å²) in [6, 6.07) is 7.45. The molecule has 0 radical (unpaired) electrons. The Hall–Kier alpha value is -2.96. The number of amides is 1. The highest BCUT2D eigenvalue weighted by atomic mass is 19.1. The number of aromatic nitrogens is 2. The summed E-state index contributed by atoms with van der Waals surface area (Å²) in [5, 5.41) is 0. The first kappa shape index (κ1) is 20.4. The minimum absolute atomic E-state index is 0.0258. The van der Waals surface area contributed by atoms with Crippen molar-refractivity contribution in [1.29, 1.82) is 0 Å². The van der Waals surface area contributed by atoms with Crippen molar-refractivity contribution < 1.29 is 13.9 Å². The van der Waals surface area contributed by atoms with Gasteiger partial charge in [-0.15, -0.1) is 0 Å². The molecular formula is C20H24FN3O3. The van der Waals surface area contributed by atoms with Crippen LogP contribution in [0.5, 0.6) is 0 Å². The molecule has 0 saturated heterocycles. The normalized spacial score (nSPS) is 11.6. The van der Waals surface area contributed by atoms with E-state index in [-0.39, 0.29) is 12.4 Å². The van der Waals surface area contributed by atoms with Gasteiger partial charge in [0, 0.05) is 12.7 Å². The predicted molar refractivity (Wildman–Crippen MR) is 102 cm³/mol. The maximum absolute atomic E-state index is 13.5. The van der Waals surface area contributed by atoms with Gasteiger partial charge in [0.25, 0.3) is 0 Å². The van der Waals surface area contributed by atoms with Crippen molar-refractivity contribution in [2.24, 2.45) is 0 Å². The molecule has 0 aliphatic rings. The second kappa shape index (κ2) is 8.62. The predicted octanol–water partition coefficient (Wildman–Crippen LogP) is 3.90.